The number of alkyl halides is 1. The maximum atomic E-state index is 11.5. The number of ether oxygens (including phenoxy) is 4. The van der Waals surface area contributed by atoms with Gasteiger partial charge < -0.3 is 24.1 Å². The predicted molar refractivity (Wildman–Crippen MR) is 98.1 cm³/mol. The fourth-order valence-electron chi connectivity index (χ4n) is 2.21. The van der Waals surface area contributed by atoms with E-state index in [1.807, 2.05) is 0 Å². The van der Waals surface area contributed by atoms with E-state index in [0.29, 0.717) is 29.3 Å². The summed E-state index contributed by atoms with van der Waals surface area (Å²) < 4.78 is 20.9. The van der Waals surface area contributed by atoms with Gasteiger partial charge in [0.25, 0.3) is 0 Å². The second-order valence-electron chi connectivity index (χ2n) is 5.28. The van der Waals surface area contributed by atoms with Crippen molar-refractivity contribution in [3.05, 3.63) is 47.7 Å². The van der Waals surface area contributed by atoms with Gasteiger partial charge in [0.15, 0.2) is 0 Å². The normalized spacial score (nSPS) is 12.9. The van der Waals surface area contributed by atoms with Crippen LogP contribution in [0.15, 0.2) is 36.4 Å². The number of esters is 1. The minimum Gasteiger partial charge on any atom is -0.506 e. The molecule has 0 fully saturated rings. The average Bonchev–Trinajstić information content (AvgIpc) is 2.67. The van der Waals surface area contributed by atoms with Gasteiger partial charge in [0, 0.05) is 19.6 Å². The number of aromatic nitrogens is 1. The fourth-order valence-corrected chi connectivity index (χ4v) is 2.84. The lowest BCUT2D eigenvalue weighted by Gasteiger charge is -2.22. The lowest BCUT2D eigenvalue weighted by atomic mass is 10.2. The summed E-state index contributed by atoms with van der Waals surface area (Å²) in [6.45, 7) is 0. The van der Waals surface area contributed by atoms with Crippen molar-refractivity contribution in [2.75, 3.05) is 21.3 Å². The number of methoxy groups -OCH3 is 3. The summed E-state index contributed by atoms with van der Waals surface area (Å²) in [6.07, 6.45) is -0.298. The second-order valence-corrected chi connectivity index (χ2v) is 6.45. The number of benzene rings is 1. The SMILES string of the molecule is COC(=O)c1ccc(OC(OC)C(Br)Cc2nc(OC)ccc2O)cc1. The zero-order chi connectivity index (χ0) is 19.1. The third-order valence-corrected chi connectivity index (χ3v) is 4.33. The van der Waals surface area contributed by atoms with E-state index in [1.165, 1.54) is 27.4 Å². The molecule has 0 aliphatic heterocycles. The Morgan fingerprint density at radius 2 is 1.85 bits per heavy atom. The number of carbonyl (C=O) groups is 1. The molecule has 140 valence electrons. The highest BCUT2D eigenvalue weighted by Gasteiger charge is 2.23. The van der Waals surface area contributed by atoms with Gasteiger partial charge in [-0.2, -0.15) is 0 Å². The number of carbonyl (C=O) groups excluding carboxylic acids is 1. The van der Waals surface area contributed by atoms with Gasteiger partial charge in [0.2, 0.25) is 12.2 Å². The minimum absolute atomic E-state index is 0.0625. The molecule has 2 atom stereocenters. The van der Waals surface area contributed by atoms with Crippen LogP contribution in [0.1, 0.15) is 16.1 Å². The number of halogens is 1. The summed E-state index contributed by atoms with van der Waals surface area (Å²) in [5.41, 5.74) is 0.882. The number of pyridine rings is 1. The van der Waals surface area contributed by atoms with E-state index in [2.05, 4.69) is 25.7 Å². The average molecular weight is 426 g/mol. The summed E-state index contributed by atoms with van der Waals surface area (Å²) in [5.74, 6) is 0.577. The van der Waals surface area contributed by atoms with Gasteiger partial charge in [0.1, 0.15) is 11.5 Å². The Morgan fingerprint density at radius 1 is 1.15 bits per heavy atom. The quantitative estimate of drug-likeness (QED) is 0.395. The molecule has 0 aliphatic carbocycles. The van der Waals surface area contributed by atoms with Crippen LogP contribution in [0.25, 0.3) is 0 Å². The van der Waals surface area contributed by atoms with Crippen LogP contribution in [-0.2, 0) is 15.9 Å². The highest BCUT2D eigenvalue weighted by molar-refractivity contribution is 9.09. The van der Waals surface area contributed by atoms with Crippen LogP contribution in [0.5, 0.6) is 17.4 Å². The highest BCUT2D eigenvalue weighted by Crippen LogP contribution is 2.25. The zero-order valence-corrected chi connectivity index (χ0v) is 16.2. The molecule has 2 unspecified atom stereocenters. The van der Waals surface area contributed by atoms with Gasteiger partial charge in [-0.25, -0.2) is 9.78 Å². The molecular weight excluding hydrogens is 406 g/mol. The molecule has 0 aliphatic rings. The van der Waals surface area contributed by atoms with Crippen molar-refractivity contribution in [1.29, 1.82) is 0 Å². The second kappa shape index (κ2) is 9.40. The van der Waals surface area contributed by atoms with Crippen LogP contribution < -0.4 is 9.47 Å². The maximum Gasteiger partial charge on any atom is 0.337 e. The van der Waals surface area contributed by atoms with E-state index < -0.39 is 12.3 Å². The molecule has 26 heavy (non-hydrogen) atoms. The molecule has 0 saturated heterocycles. The monoisotopic (exact) mass is 425 g/mol. The molecule has 8 heteroatoms. The van der Waals surface area contributed by atoms with Crippen molar-refractivity contribution in [3.8, 4) is 17.4 Å². The molecule has 1 heterocycles. The Bertz CT molecular complexity index is 737. The Hall–Kier alpha value is -2.32. The first-order chi connectivity index (χ1) is 12.5. The maximum absolute atomic E-state index is 11.5. The Balaban J connectivity index is 2.06. The first kappa shape index (κ1) is 20.0. The zero-order valence-electron chi connectivity index (χ0n) is 14.6. The standard InChI is InChI=1S/C18H20BrNO6/c1-23-16-9-8-15(21)14(20-16)10-13(19)18(25-3)26-12-6-4-11(5-7-12)17(22)24-2/h4-9,13,18,21H,10H2,1-3H3. The van der Waals surface area contributed by atoms with E-state index in [4.69, 9.17) is 14.2 Å². The van der Waals surface area contributed by atoms with E-state index in [9.17, 15) is 9.90 Å². The topological polar surface area (TPSA) is 87.1 Å². The molecule has 2 rings (SSSR count). The smallest absolute Gasteiger partial charge is 0.337 e. The largest absolute Gasteiger partial charge is 0.506 e. The van der Waals surface area contributed by atoms with E-state index in [-0.39, 0.29) is 10.6 Å². The van der Waals surface area contributed by atoms with E-state index in [1.54, 1.807) is 30.3 Å². The van der Waals surface area contributed by atoms with Gasteiger partial charge in [-0.05, 0) is 30.3 Å². The number of nitrogens with zero attached hydrogens (tertiary/aromatic N) is 1. The number of aromatic hydroxyl groups is 1. The Kier molecular flexibility index (Phi) is 7.23. The van der Waals surface area contributed by atoms with Crippen LogP contribution in [0.2, 0.25) is 0 Å². The molecule has 1 N–H and O–H groups in total. The summed E-state index contributed by atoms with van der Waals surface area (Å²) in [6, 6.07) is 9.61. The van der Waals surface area contributed by atoms with E-state index >= 15 is 0 Å². The number of hydrogen-bond acceptors (Lipinski definition) is 7. The first-order valence-corrected chi connectivity index (χ1v) is 8.64. The molecule has 1 aromatic heterocycles. The van der Waals surface area contributed by atoms with Crippen molar-refractivity contribution >= 4 is 21.9 Å². The van der Waals surface area contributed by atoms with Crippen molar-refractivity contribution < 1.29 is 28.8 Å². The van der Waals surface area contributed by atoms with Gasteiger partial charge in [-0.3, -0.25) is 0 Å². The van der Waals surface area contributed by atoms with Crippen LogP contribution in [0, 0.1) is 0 Å². The van der Waals surface area contributed by atoms with E-state index in [0.717, 1.165) is 0 Å². The van der Waals surface area contributed by atoms with Crippen LogP contribution >= 0.6 is 15.9 Å². The molecule has 2 aromatic rings. The molecular formula is C18H20BrNO6. The Labute approximate surface area is 160 Å². The molecule has 0 radical (unpaired) electrons. The fraction of sp³-hybridized carbons (Fsp3) is 0.333. The lowest BCUT2D eigenvalue weighted by Crippen LogP contribution is -2.31. The number of hydrogen-bond donors (Lipinski definition) is 1. The highest BCUT2D eigenvalue weighted by atomic mass is 79.9. The van der Waals surface area contributed by atoms with Crippen molar-refractivity contribution in [1.82, 2.24) is 4.98 Å². The minimum atomic E-state index is -0.647. The van der Waals surface area contributed by atoms with Crippen molar-refractivity contribution in [2.45, 2.75) is 17.5 Å². The molecule has 7 nitrogen and oxygen atoms in total. The first-order valence-electron chi connectivity index (χ1n) is 7.73. The summed E-state index contributed by atoms with van der Waals surface area (Å²) in [7, 11) is 4.35. The van der Waals surface area contributed by atoms with Crippen molar-refractivity contribution in [2.24, 2.45) is 0 Å². The third-order valence-electron chi connectivity index (χ3n) is 3.58. The Morgan fingerprint density at radius 3 is 2.42 bits per heavy atom. The van der Waals surface area contributed by atoms with Gasteiger partial charge in [-0.15, -0.1) is 0 Å². The van der Waals surface area contributed by atoms with Gasteiger partial charge in [-0.1, -0.05) is 15.9 Å². The molecule has 1 aromatic carbocycles. The molecule has 0 amide bonds. The summed E-state index contributed by atoms with van der Waals surface area (Å²) in [4.78, 5) is 15.4. The van der Waals surface area contributed by atoms with Gasteiger partial charge >= 0.3 is 5.97 Å². The summed E-state index contributed by atoms with van der Waals surface area (Å²) in [5, 5.41) is 9.97. The van der Waals surface area contributed by atoms with Crippen LogP contribution in [-0.4, -0.2) is 48.5 Å². The lowest BCUT2D eigenvalue weighted by molar-refractivity contribution is -0.0522. The molecule has 0 bridgehead atoms. The molecule has 0 saturated carbocycles. The third kappa shape index (κ3) is 5.09. The number of rotatable bonds is 8. The predicted octanol–water partition coefficient (Wildman–Crippen LogP) is 2.94. The van der Waals surface area contributed by atoms with Crippen LogP contribution in [0.4, 0.5) is 0 Å². The van der Waals surface area contributed by atoms with Crippen molar-refractivity contribution in [3.63, 3.8) is 0 Å². The van der Waals surface area contributed by atoms with Crippen LogP contribution in [0.3, 0.4) is 0 Å². The summed E-state index contributed by atoms with van der Waals surface area (Å²) >= 11 is 3.51. The van der Waals surface area contributed by atoms with Gasteiger partial charge in [0.05, 0.1) is 30.3 Å². The molecule has 0 spiro atoms.